The average molecular weight is 336 g/mol. The van der Waals surface area contributed by atoms with Gasteiger partial charge in [-0.15, -0.1) is 0 Å². The number of hydrogen-bond donors (Lipinski definition) is 1. The molecule has 0 saturated carbocycles. The average Bonchev–Trinajstić information content (AvgIpc) is 3.01. The van der Waals surface area contributed by atoms with Crippen molar-refractivity contribution in [1.82, 2.24) is 14.9 Å². The van der Waals surface area contributed by atoms with Gasteiger partial charge in [-0.2, -0.15) is 13.2 Å². The lowest BCUT2D eigenvalue weighted by atomic mass is 10.1. The Morgan fingerprint density at radius 1 is 1.17 bits per heavy atom. The van der Waals surface area contributed by atoms with Crippen molar-refractivity contribution in [2.75, 3.05) is 25.0 Å². The first kappa shape index (κ1) is 16.7. The highest BCUT2D eigenvalue weighted by Crippen LogP contribution is 2.27. The number of nitrogens with one attached hydrogen (secondary N) is 1. The molecule has 2 heterocycles. The summed E-state index contributed by atoms with van der Waals surface area (Å²) in [6.07, 6.45) is -1.47. The molecule has 1 unspecified atom stereocenters. The van der Waals surface area contributed by atoms with Crippen molar-refractivity contribution in [3.8, 4) is 0 Å². The second-order valence-corrected chi connectivity index (χ2v) is 5.93. The van der Waals surface area contributed by atoms with Crippen molar-refractivity contribution in [3.63, 3.8) is 0 Å². The van der Waals surface area contributed by atoms with Gasteiger partial charge in [-0.25, -0.2) is 9.97 Å². The van der Waals surface area contributed by atoms with E-state index >= 15 is 0 Å². The van der Waals surface area contributed by atoms with Crippen LogP contribution in [0.2, 0.25) is 0 Å². The fraction of sp³-hybridized carbons (Fsp3) is 0.412. The van der Waals surface area contributed by atoms with Gasteiger partial charge in [-0.3, -0.25) is 0 Å². The third kappa shape index (κ3) is 4.44. The smallest absolute Gasteiger partial charge is 0.350 e. The zero-order valence-corrected chi connectivity index (χ0v) is 13.1. The van der Waals surface area contributed by atoms with Crippen LogP contribution in [-0.4, -0.2) is 40.5 Å². The lowest BCUT2D eigenvalue weighted by molar-refractivity contribution is -0.141. The Hall–Kier alpha value is -2.15. The van der Waals surface area contributed by atoms with Gasteiger partial charge in [-0.05, 0) is 24.5 Å². The topological polar surface area (TPSA) is 41.1 Å². The highest BCUT2D eigenvalue weighted by molar-refractivity contribution is 5.28. The Labute approximate surface area is 138 Å². The SMILES string of the molecule is FC(F)(F)c1ccnc(NC2CCN(CCc3ccccc3)C2)n1. The van der Waals surface area contributed by atoms with Crippen LogP contribution in [0.25, 0.3) is 0 Å². The monoisotopic (exact) mass is 336 g/mol. The third-order valence-electron chi connectivity index (χ3n) is 4.11. The predicted octanol–water partition coefficient (Wildman–Crippen LogP) is 3.22. The Kier molecular flexibility index (Phi) is 4.99. The second-order valence-electron chi connectivity index (χ2n) is 5.93. The molecule has 3 rings (SSSR count). The molecule has 1 atom stereocenters. The highest BCUT2D eigenvalue weighted by Gasteiger charge is 2.33. The predicted molar refractivity (Wildman–Crippen MR) is 85.6 cm³/mol. The van der Waals surface area contributed by atoms with E-state index in [1.54, 1.807) is 0 Å². The van der Waals surface area contributed by atoms with Crippen molar-refractivity contribution < 1.29 is 13.2 Å². The third-order valence-corrected chi connectivity index (χ3v) is 4.11. The van der Waals surface area contributed by atoms with Gasteiger partial charge in [0, 0.05) is 31.9 Å². The van der Waals surface area contributed by atoms with Crippen LogP contribution in [0.3, 0.4) is 0 Å². The van der Waals surface area contributed by atoms with Gasteiger partial charge in [0.2, 0.25) is 5.95 Å². The van der Waals surface area contributed by atoms with Crippen molar-refractivity contribution >= 4 is 5.95 Å². The van der Waals surface area contributed by atoms with Crippen LogP contribution in [0.1, 0.15) is 17.7 Å². The molecule has 0 aliphatic carbocycles. The first-order valence-electron chi connectivity index (χ1n) is 7.94. The number of alkyl halides is 3. The van der Waals surface area contributed by atoms with E-state index in [1.807, 2.05) is 18.2 Å². The lowest BCUT2D eigenvalue weighted by Crippen LogP contribution is -2.28. The van der Waals surface area contributed by atoms with Crippen LogP contribution >= 0.6 is 0 Å². The molecule has 1 aliphatic rings. The van der Waals surface area contributed by atoms with Gasteiger partial charge < -0.3 is 10.2 Å². The van der Waals surface area contributed by atoms with Crippen LogP contribution in [0.5, 0.6) is 0 Å². The molecule has 1 aromatic carbocycles. The zero-order valence-electron chi connectivity index (χ0n) is 13.1. The summed E-state index contributed by atoms with van der Waals surface area (Å²) in [6.45, 7) is 2.64. The van der Waals surface area contributed by atoms with E-state index in [4.69, 9.17) is 0 Å². The number of anilines is 1. The van der Waals surface area contributed by atoms with E-state index in [-0.39, 0.29) is 12.0 Å². The molecule has 24 heavy (non-hydrogen) atoms. The summed E-state index contributed by atoms with van der Waals surface area (Å²) in [5.41, 5.74) is 0.369. The van der Waals surface area contributed by atoms with Gasteiger partial charge in [0.15, 0.2) is 0 Å². The van der Waals surface area contributed by atoms with E-state index in [2.05, 4.69) is 32.3 Å². The summed E-state index contributed by atoms with van der Waals surface area (Å²) in [5, 5.41) is 3.02. The second kappa shape index (κ2) is 7.17. The molecular formula is C17H19F3N4. The molecule has 1 N–H and O–H groups in total. The van der Waals surface area contributed by atoms with Crippen LogP contribution in [0.15, 0.2) is 42.6 Å². The number of nitrogens with zero attached hydrogens (tertiary/aromatic N) is 3. The minimum Gasteiger partial charge on any atom is -0.350 e. The molecule has 7 heteroatoms. The summed E-state index contributed by atoms with van der Waals surface area (Å²) in [7, 11) is 0. The number of likely N-dealkylation sites (tertiary alicyclic amines) is 1. The van der Waals surface area contributed by atoms with E-state index in [9.17, 15) is 13.2 Å². The number of rotatable bonds is 5. The van der Waals surface area contributed by atoms with Gasteiger partial charge >= 0.3 is 6.18 Å². The standard InChI is InChI=1S/C17H19F3N4/c18-17(19,20)15-6-9-21-16(23-15)22-14-8-11-24(12-14)10-7-13-4-2-1-3-5-13/h1-6,9,14H,7-8,10-12H2,(H,21,22,23). The maximum atomic E-state index is 12.7. The molecule has 0 radical (unpaired) electrons. The molecule has 1 fully saturated rings. The largest absolute Gasteiger partial charge is 0.433 e. The molecule has 1 aromatic heterocycles. The maximum Gasteiger partial charge on any atom is 0.433 e. The number of hydrogen-bond acceptors (Lipinski definition) is 4. The first-order chi connectivity index (χ1) is 11.5. The minimum absolute atomic E-state index is 0.0414. The highest BCUT2D eigenvalue weighted by atomic mass is 19.4. The van der Waals surface area contributed by atoms with Crippen molar-refractivity contribution in [2.45, 2.75) is 25.1 Å². The number of halogens is 3. The molecular weight excluding hydrogens is 317 g/mol. The van der Waals surface area contributed by atoms with E-state index < -0.39 is 11.9 Å². The summed E-state index contributed by atoms with van der Waals surface area (Å²) in [6, 6.07) is 11.2. The summed E-state index contributed by atoms with van der Waals surface area (Å²) >= 11 is 0. The van der Waals surface area contributed by atoms with Crippen LogP contribution < -0.4 is 5.32 Å². The van der Waals surface area contributed by atoms with Gasteiger partial charge in [0.05, 0.1) is 0 Å². The minimum atomic E-state index is -4.45. The first-order valence-corrected chi connectivity index (χ1v) is 7.94. The van der Waals surface area contributed by atoms with Crippen LogP contribution in [0.4, 0.5) is 19.1 Å². The zero-order chi connectivity index (χ0) is 17.0. The Bertz CT molecular complexity index is 660. The Morgan fingerprint density at radius 2 is 1.96 bits per heavy atom. The van der Waals surface area contributed by atoms with Crippen LogP contribution in [-0.2, 0) is 12.6 Å². The van der Waals surface area contributed by atoms with E-state index in [0.717, 1.165) is 44.7 Å². The molecule has 128 valence electrons. The molecule has 2 aromatic rings. The van der Waals surface area contributed by atoms with Crippen LogP contribution in [0, 0.1) is 0 Å². The normalized spacial score (nSPS) is 18.7. The fourth-order valence-electron chi connectivity index (χ4n) is 2.85. The van der Waals surface area contributed by atoms with Gasteiger partial charge in [0.1, 0.15) is 5.69 Å². The summed E-state index contributed by atoms with van der Waals surface area (Å²) in [5.74, 6) is 0.0414. The molecule has 4 nitrogen and oxygen atoms in total. The van der Waals surface area contributed by atoms with Crippen molar-refractivity contribution in [3.05, 3.63) is 53.9 Å². The van der Waals surface area contributed by atoms with E-state index in [0.29, 0.717) is 0 Å². The van der Waals surface area contributed by atoms with Gasteiger partial charge in [-0.1, -0.05) is 30.3 Å². The fourth-order valence-corrected chi connectivity index (χ4v) is 2.85. The maximum absolute atomic E-state index is 12.7. The summed E-state index contributed by atoms with van der Waals surface area (Å²) < 4.78 is 38.0. The molecule has 0 bridgehead atoms. The van der Waals surface area contributed by atoms with E-state index in [1.165, 1.54) is 5.56 Å². The summed E-state index contributed by atoms with van der Waals surface area (Å²) in [4.78, 5) is 9.76. The molecule has 0 amide bonds. The molecule has 0 spiro atoms. The Balaban J connectivity index is 1.51. The number of aromatic nitrogens is 2. The molecule has 1 saturated heterocycles. The van der Waals surface area contributed by atoms with Crippen molar-refractivity contribution in [1.29, 1.82) is 0 Å². The van der Waals surface area contributed by atoms with Gasteiger partial charge in [0.25, 0.3) is 0 Å². The molecule has 1 aliphatic heterocycles. The number of benzene rings is 1. The van der Waals surface area contributed by atoms with Crippen molar-refractivity contribution in [2.24, 2.45) is 0 Å². The lowest BCUT2D eigenvalue weighted by Gasteiger charge is -2.17. The Morgan fingerprint density at radius 3 is 2.71 bits per heavy atom. The quantitative estimate of drug-likeness (QED) is 0.910.